The Balaban J connectivity index is 3.68. The van der Waals surface area contributed by atoms with Crippen LogP contribution in [0.15, 0.2) is 0 Å². The molecule has 80 valence electrons. The Kier molecular flexibility index (Phi) is 7.23. The summed E-state index contributed by atoms with van der Waals surface area (Å²) in [6.45, 7) is 6.11. The van der Waals surface area contributed by atoms with Crippen molar-refractivity contribution in [2.24, 2.45) is 0 Å². The summed E-state index contributed by atoms with van der Waals surface area (Å²) in [7, 11) is 1.71. The third-order valence-electron chi connectivity index (χ3n) is 2.68. The first-order valence-corrected chi connectivity index (χ1v) is 5.09. The summed E-state index contributed by atoms with van der Waals surface area (Å²) >= 11 is 0. The summed E-state index contributed by atoms with van der Waals surface area (Å²) in [5.41, 5.74) is -0.0757. The number of rotatable bonds is 8. The topological polar surface area (TPSA) is 41.5 Å². The first kappa shape index (κ1) is 12.9. The Labute approximate surface area is 81.5 Å². The first-order chi connectivity index (χ1) is 6.24. The van der Waals surface area contributed by atoms with E-state index in [0.717, 1.165) is 32.4 Å². The normalized spacial score (nSPS) is 12.0. The third-order valence-corrected chi connectivity index (χ3v) is 2.68. The molecule has 3 nitrogen and oxygen atoms in total. The summed E-state index contributed by atoms with van der Waals surface area (Å²) in [5, 5.41) is 12.6. The number of ether oxygens (including phenoxy) is 1. The number of aliphatic hydroxyl groups excluding tert-OH is 1. The van der Waals surface area contributed by atoms with E-state index >= 15 is 0 Å². The van der Waals surface area contributed by atoms with Gasteiger partial charge in [0, 0.05) is 19.3 Å². The average Bonchev–Trinajstić information content (AvgIpc) is 2.20. The maximum atomic E-state index is 9.24. The molecule has 0 aromatic carbocycles. The van der Waals surface area contributed by atoms with E-state index < -0.39 is 0 Å². The minimum atomic E-state index is -0.0757. The molecule has 0 heterocycles. The van der Waals surface area contributed by atoms with Crippen LogP contribution in [0.3, 0.4) is 0 Å². The summed E-state index contributed by atoms with van der Waals surface area (Å²) in [6.07, 6.45) is 2.93. The van der Waals surface area contributed by atoms with E-state index in [-0.39, 0.29) is 12.1 Å². The van der Waals surface area contributed by atoms with E-state index in [4.69, 9.17) is 4.74 Å². The fourth-order valence-electron chi connectivity index (χ4n) is 1.35. The number of hydrogen-bond donors (Lipinski definition) is 2. The lowest BCUT2D eigenvalue weighted by molar-refractivity contribution is 0.142. The molecule has 0 aromatic rings. The molecule has 0 amide bonds. The molecule has 0 saturated heterocycles. The lowest BCUT2D eigenvalue weighted by atomic mass is 9.94. The predicted molar refractivity (Wildman–Crippen MR) is 54.9 cm³/mol. The fraction of sp³-hybridized carbons (Fsp3) is 1.00. The molecule has 13 heavy (non-hydrogen) atoms. The molecule has 0 aromatic heterocycles. The van der Waals surface area contributed by atoms with Crippen LogP contribution in [0.4, 0.5) is 0 Å². The molecule has 0 aliphatic heterocycles. The Morgan fingerprint density at radius 1 is 1.31 bits per heavy atom. The predicted octanol–water partition coefficient (Wildman–Crippen LogP) is 1.16. The van der Waals surface area contributed by atoms with Gasteiger partial charge in [-0.25, -0.2) is 0 Å². The first-order valence-electron chi connectivity index (χ1n) is 5.09. The molecular formula is C10H23NO2. The molecule has 0 aliphatic rings. The SMILES string of the molecule is CCC(CC)(CO)NCCCOC. The van der Waals surface area contributed by atoms with E-state index in [9.17, 15) is 5.11 Å². The lowest BCUT2D eigenvalue weighted by Crippen LogP contribution is -2.48. The Hall–Kier alpha value is -0.120. The highest BCUT2D eigenvalue weighted by molar-refractivity contribution is 4.84. The molecule has 0 saturated carbocycles. The van der Waals surface area contributed by atoms with Crippen molar-refractivity contribution in [3.63, 3.8) is 0 Å². The van der Waals surface area contributed by atoms with E-state index in [1.807, 2.05) is 0 Å². The zero-order chi connectivity index (χ0) is 10.2. The van der Waals surface area contributed by atoms with Gasteiger partial charge in [0.2, 0.25) is 0 Å². The molecule has 3 heteroatoms. The molecule has 0 rings (SSSR count). The average molecular weight is 189 g/mol. The van der Waals surface area contributed by atoms with Gasteiger partial charge >= 0.3 is 0 Å². The van der Waals surface area contributed by atoms with Crippen LogP contribution in [0.5, 0.6) is 0 Å². The van der Waals surface area contributed by atoms with E-state index in [1.54, 1.807) is 7.11 Å². The van der Waals surface area contributed by atoms with E-state index in [2.05, 4.69) is 19.2 Å². The van der Waals surface area contributed by atoms with Crippen molar-refractivity contribution in [3.05, 3.63) is 0 Å². The summed E-state index contributed by atoms with van der Waals surface area (Å²) < 4.78 is 4.95. The van der Waals surface area contributed by atoms with Crippen LogP contribution < -0.4 is 5.32 Å². The van der Waals surface area contributed by atoms with Crippen molar-refractivity contribution in [1.29, 1.82) is 0 Å². The van der Waals surface area contributed by atoms with Crippen molar-refractivity contribution in [2.75, 3.05) is 26.9 Å². The molecule has 0 fully saturated rings. The lowest BCUT2D eigenvalue weighted by Gasteiger charge is -2.30. The van der Waals surface area contributed by atoms with Gasteiger partial charge in [-0.05, 0) is 25.8 Å². The van der Waals surface area contributed by atoms with Crippen LogP contribution >= 0.6 is 0 Å². The highest BCUT2D eigenvalue weighted by Crippen LogP contribution is 2.13. The number of methoxy groups -OCH3 is 1. The van der Waals surface area contributed by atoms with Gasteiger partial charge in [0.15, 0.2) is 0 Å². The zero-order valence-electron chi connectivity index (χ0n) is 9.10. The largest absolute Gasteiger partial charge is 0.394 e. The molecule has 0 spiro atoms. The van der Waals surface area contributed by atoms with Crippen molar-refractivity contribution < 1.29 is 9.84 Å². The highest BCUT2D eigenvalue weighted by atomic mass is 16.5. The molecular weight excluding hydrogens is 166 g/mol. The van der Waals surface area contributed by atoms with Crippen molar-refractivity contribution in [3.8, 4) is 0 Å². The van der Waals surface area contributed by atoms with Gasteiger partial charge in [-0.1, -0.05) is 13.8 Å². The maximum Gasteiger partial charge on any atom is 0.0613 e. The summed E-state index contributed by atoms with van der Waals surface area (Å²) in [5.74, 6) is 0. The summed E-state index contributed by atoms with van der Waals surface area (Å²) in [4.78, 5) is 0. The number of aliphatic hydroxyl groups is 1. The van der Waals surface area contributed by atoms with Crippen LogP contribution in [0.1, 0.15) is 33.1 Å². The second-order valence-electron chi connectivity index (χ2n) is 3.42. The van der Waals surface area contributed by atoms with Gasteiger partial charge in [0.05, 0.1) is 6.61 Å². The standard InChI is InChI=1S/C10H23NO2/c1-4-10(5-2,9-12)11-7-6-8-13-3/h11-12H,4-9H2,1-3H3. The van der Waals surface area contributed by atoms with Gasteiger partial charge in [-0.2, -0.15) is 0 Å². The Morgan fingerprint density at radius 3 is 2.31 bits per heavy atom. The second kappa shape index (κ2) is 7.30. The number of nitrogens with one attached hydrogen (secondary N) is 1. The monoisotopic (exact) mass is 189 g/mol. The van der Waals surface area contributed by atoms with E-state index in [1.165, 1.54) is 0 Å². The number of hydrogen-bond acceptors (Lipinski definition) is 3. The fourth-order valence-corrected chi connectivity index (χ4v) is 1.35. The smallest absolute Gasteiger partial charge is 0.0613 e. The molecule has 0 unspecified atom stereocenters. The van der Waals surface area contributed by atoms with Crippen LogP contribution in [-0.2, 0) is 4.74 Å². The zero-order valence-corrected chi connectivity index (χ0v) is 9.10. The van der Waals surface area contributed by atoms with Crippen molar-refractivity contribution in [1.82, 2.24) is 5.32 Å². The molecule has 0 radical (unpaired) electrons. The third kappa shape index (κ3) is 4.60. The maximum absolute atomic E-state index is 9.24. The second-order valence-corrected chi connectivity index (χ2v) is 3.42. The minimum absolute atomic E-state index is 0.0757. The van der Waals surface area contributed by atoms with Crippen LogP contribution in [0, 0.1) is 0 Å². The van der Waals surface area contributed by atoms with Crippen LogP contribution in [0.25, 0.3) is 0 Å². The van der Waals surface area contributed by atoms with E-state index in [0.29, 0.717) is 0 Å². The highest BCUT2D eigenvalue weighted by Gasteiger charge is 2.23. The van der Waals surface area contributed by atoms with Crippen LogP contribution in [0.2, 0.25) is 0 Å². The Bertz CT molecular complexity index is 105. The molecule has 2 N–H and O–H groups in total. The molecule has 0 bridgehead atoms. The van der Waals surface area contributed by atoms with Gasteiger partial charge in [-0.15, -0.1) is 0 Å². The van der Waals surface area contributed by atoms with Crippen molar-refractivity contribution in [2.45, 2.75) is 38.6 Å². The van der Waals surface area contributed by atoms with Gasteiger partial charge < -0.3 is 15.2 Å². The molecule has 0 atom stereocenters. The van der Waals surface area contributed by atoms with Crippen LogP contribution in [-0.4, -0.2) is 37.5 Å². The van der Waals surface area contributed by atoms with Crippen molar-refractivity contribution >= 4 is 0 Å². The summed E-state index contributed by atoms with van der Waals surface area (Å²) in [6, 6.07) is 0. The van der Waals surface area contributed by atoms with Gasteiger partial charge in [0.25, 0.3) is 0 Å². The van der Waals surface area contributed by atoms with Gasteiger partial charge in [0.1, 0.15) is 0 Å². The van der Waals surface area contributed by atoms with Gasteiger partial charge in [-0.3, -0.25) is 0 Å². The quantitative estimate of drug-likeness (QED) is 0.563. The molecule has 0 aliphatic carbocycles. The minimum Gasteiger partial charge on any atom is -0.394 e. The Morgan fingerprint density at radius 2 is 1.92 bits per heavy atom.